The Labute approximate surface area is 258 Å². The predicted octanol–water partition coefficient (Wildman–Crippen LogP) is 7.55. The summed E-state index contributed by atoms with van der Waals surface area (Å²) in [5, 5.41) is 21.6. The normalized spacial score (nSPS) is 26.0. The molecule has 2 aromatic carbocycles. The van der Waals surface area contributed by atoms with Gasteiger partial charge in [0.15, 0.2) is 5.82 Å². The molecule has 4 aromatic rings. The molecule has 2 N–H and O–H groups in total. The topological polar surface area (TPSA) is 71.2 Å². The van der Waals surface area contributed by atoms with E-state index < -0.39 is 0 Å². The van der Waals surface area contributed by atoms with Crippen molar-refractivity contribution in [3.8, 4) is 17.2 Å². The van der Waals surface area contributed by atoms with Gasteiger partial charge in [-0.3, -0.25) is 9.55 Å². The van der Waals surface area contributed by atoms with E-state index in [2.05, 4.69) is 55.4 Å². The molecule has 0 bridgehead atoms. The summed E-state index contributed by atoms with van der Waals surface area (Å²) in [6.45, 7) is 8.83. The summed E-state index contributed by atoms with van der Waals surface area (Å²) in [5.74, 6) is 3.31. The van der Waals surface area contributed by atoms with Crippen LogP contribution in [0.3, 0.4) is 0 Å². The summed E-state index contributed by atoms with van der Waals surface area (Å²) in [7, 11) is 0. The molecule has 5 nitrogen and oxygen atoms in total. The van der Waals surface area contributed by atoms with E-state index in [1.165, 1.54) is 19.3 Å². The van der Waals surface area contributed by atoms with E-state index in [-0.39, 0.29) is 38.2 Å². The fraction of sp³-hybridized carbons (Fsp3) is 0.486. The Morgan fingerprint density at radius 3 is 2.02 bits per heavy atom. The zero-order chi connectivity index (χ0) is 28.2. The molecule has 6 heteroatoms. The number of benzene rings is 2. The van der Waals surface area contributed by atoms with E-state index in [4.69, 9.17) is 4.98 Å². The van der Waals surface area contributed by atoms with Crippen LogP contribution in [-0.2, 0) is 20.1 Å². The van der Waals surface area contributed by atoms with Crippen LogP contribution in [0, 0.1) is 35.5 Å². The summed E-state index contributed by atoms with van der Waals surface area (Å²) in [6.07, 6.45) is 7.09. The first-order valence-electron chi connectivity index (χ1n) is 15.2. The third-order valence-electron chi connectivity index (χ3n) is 9.38. The number of pyridine rings is 1. The molecule has 0 spiro atoms. The average Bonchev–Trinajstić information content (AvgIpc) is 3.26. The largest absolute Gasteiger partial charge is 0.392 e. The second kappa shape index (κ2) is 14.2. The van der Waals surface area contributed by atoms with E-state index in [9.17, 15) is 10.2 Å². The van der Waals surface area contributed by atoms with Crippen molar-refractivity contribution < 1.29 is 30.3 Å². The van der Waals surface area contributed by atoms with Gasteiger partial charge in [0, 0.05) is 37.9 Å². The summed E-state index contributed by atoms with van der Waals surface area (Å²) in [4.78, 5) is 9.21. The molecule has 0 amide bonds. The van der Waals surface area contributed by atoms with Gasteiger partial charge in [-0.1, -0.05) is 70.5 Å². The maximum atomic E-state index is 10.8. The average molecular weight is 732 g/mol. The van der Waals surface area contributed by atoms with E-state index in [0.29, 0.717) is 29.6 Å². The minimum Gasteiger partial charge on any atom is -0.392 e. The monoisotopic (exact) mass is 732 g/mol. The van der Waals surface area contributed by atoms with E-state index in [0.717, 1.165) is 41.1 Å². The molecule has 2 saturated carbocycles. The molecule has 0 aliphatic heterocycles. The Kier molecular flexibility index (Phi) is 10.9. The van der Waals surface area contributed by atoms with Gasteiger partial charge in [0.25, 0.3) is 0 Å². The summed E-state index contributed by atoms with van der Waals surface area (Å²) in [6, 6.07) is 24.3. The van der Waals surface area contributed by atoms with Crippen molar-refractivity contribution in [2.45, 2.75) is 72.0 Å². The first-order chi connectivity index (χ1) is 19.4. The Balaban J connectivity index is 0.000000186. The fourth-order valence-electron chi connectivity index (χ4n) is 7.21. The number of aromatic nitrogens is 3. The third kappa shape index (κ3) is 6.83. The molecule has 2 fully saturated rings. The van der Waals surface area contributed by atoms with Crippen molar-refractivity contribution in [1.29, 1.82) is 0 Å². The van der Waals surface area contributed by atoms with Crippen LogP contribution in [0.5, 0.6) is 0 Å². The van der Waals surface area contributed by atoms with Crippen LogP contribution in [0.2, 0.25) is 0 Å². The smallest absolute Gasteiger partial charge is 0.164 e. The Hall–Kier alpha value is -2.37. The van der Waals surface area contributed by atoms with Crippen molar-refractivity contribution in [1.82, 2.24) is 14.5 Å². The van der Waals surface area contributed by atoms with Crippen molar-refractivity contribution in [3.05, 3.63) is 79.0 Å². The summed E-state index contributed by atoms with van der Waals surface area (Å²) < 4.78 is 2.15. The van der Waals surface area contributed by atoms with Crippen LogP contribution in [-0.4, -0.2) is 37.0 Å². The zero-order valence-electron chi connectivity index (χ0n) is 24.7. The van der Waals surface area contributed by atoms with Gasteiger partial charge in [0.2, 0.25) is 0 Å². The Morgan fingerprint density at radius 1 is 0.732 bits per heavy atom. The molecule has 6 atom stereocenters. The molecule has 221 valence electrons. The number of rotatable bonds is 4. The second-order valence-corrected chi connectivity index (χ2v) is 12.5. The number of para-hydroxylation sites is 3. The first kappa shape index (κ1) is 31.6. The van der Waals surface area contributed by atoms with Crippen LogP contribution in [0.1, 0.15) is 59.8 Å². The molecule has 1 radical (unpaired) electrons. The van der Waals surface area contributed by atoms with Gasteiger partial charge in [-0.2, -0.15) is 0 Å². The van der Waals surface area contributed by atoms with Crippen LogP contribution in [0.4, 0.5) is 0 Å². The number of nitrogens with zero attached hydrogens (tertiary/aromatic N) is 3. The summed E-state index contributed by atoms with van der Waals surface area (Å²) >= 11 is 0. The van der Waals surface area contributed by atoms with Gasteiger partial charge in [0.1, 0.15) is 5.69 Å². The van der Waals surface area contributed by atoms with E-state index in [1.807, 2.05) is 54.6 Å². The minimum absolute atomic E-state index is 0. The van der Waals surface area contributed by atoms with Gasteiger partial charge in [-0.15, -0.1) is 0 Å². The van der Waals surface area contributed by atoms with Gasteiger partial charge >= 0.3 is 0 Å². The zero-order valence-corrected chi connectivity index (χ0v) is 27.1. The Bertz CT molecular complexity index is 1360. The number of aliphatic hydroxyl groups excluding tert-OH is 2. The molecule has 6 rings (SSSR count). The van der Waals surface area contributed by atoms with Crippen molar-refractivity contribution >= 4 is 11.0 Å². The maximum Gasteiger partial charge on any atom is 0.164 e. The third-order valence-corrected chi connectivity index (χ3v) is 9.38. The molecule has 4 unspecified atom stereocenters. The van der Waals surface area contributed by atoms with E-state index in [1.54, 1.807) is 6.20 Å². The van der Waals surface area contributed by atoms with Crippen LogP contribution < -0.4 is 0 Å². The molecule has 2 aliphatic carbocycles. The van der Waals surface area contributed by atoms with Gasteiger partial charge in [0.05, 0.1) is 23.2 Å². The van der Waals surface area contributed by atoms with Gasteiger partial charge < -0.3 is 10.2 Å². The standard InChI is InChI=1S/C18H13N3.C17H32O2.Ir/c1-2-8-14(9-3-1)21-17-12-5-4-10-15(17)20-18(21)16-11-6-7-13-19-16;1-10(2)13-7-5-6-12-8-9-14(11(3)4)17(19)15(12)16(13)18;/h1-13H;10-19H,5-9H2,1-4H3;/t;12?,13-,14+,15?,16?,17?;/m.1./s1. The van der Waals surface area contributed by atoms with E-state index >= 15 is 0 Å². The number of hydrogen-bond acceptors (Lipinski definition) is 4. The second-order valence-electron chi connectivity index (χ2n) is 12.5. The number of aliphatic hydroxyl groups is 2. The molecular weight excluding hydrogens is 687 g/mol. The van der Waals surface area contributed by atoms with Crippen LogP contribution >= 0.6 is 0 Å². The Morgan fingerprint density at radius 2 is 1.37 bits per heavy atom. The number of hydrogen-bond donors (Lipinski definition) is 2. The molecule has 2 aliphatic rings. The summed E-state index contributed by atoms with van der Waals surface area (Å²) in [5.41, 5.74) is 4.02. The van der Waals surface area contributed by atoms with Crippen molar-refractivity contribution in [2.75, 3.05) is 0 Å². The van der Waals surface area contributed by atoms with Crippen LogP contribution in [0.25, 0.3) is 28.2 Å². The first-order valence-corrected chi connectivity index (χ1v) is 15.2. The number of fused-ring (bicyclic) bond motifs is 2. The van der Waals surface area contributed by atoms with Crippen LogP contribution in [0.15, 0.2) is 79.0 Å². The maximum absolute atomic E-state index is 10.8. The quantitative estimate of drug-likeness (QED) is 0.228. The van der Waals surface area contributed by atoms with Gasteiger partial charge in [-0.25, -0.2) is 4.98 Å². The fourth-order valence-corrected chi connectivity index (χ4v) is 7.21. The molecular formula is C35H45IrN3O2. The van der Waals surface area contributed by atoms with Gasteiger partial charge in [-0.05, 0) is 91.7 Å². The van der Waals surface area contributed by atoms with Crippen molar-refractivity contribution in [2.24, 2.45) is 35.5 Å². The molecule has 2 aromatic heterocycles. The number of imidazole rings is 1. The predicted molar refractivity (Wildman–Crippen MR) is 163 cm³/mol. The molecule has 2 heterocycles. The molecule has 41 heavy (non-hydrogen) atoms. The SMILES string of the molecule is CC(C)[C@H]1CCCC2CC[C@@H](C(C)C)C(O)C2C1O.[Ir].c1ccc(-n2c(-c3ccccn3)nc3ccccc32)cc1. The van der Waals surface area contributed by atoms with Crippen molar-refractivity contribution in [3.63, 3.8) is 0 Å². The minimum atomic E-state index is -0.302. The molecule has 0 saturated heterocycles.